The monoisotopic (exact) mass is 206 g/mol. The molecule has 0 bridgehead atoms. The van der Waals surface area contributed by atoms with Gasteiger partial charge in [0.25, 0.3) is 0 Å². The molecule has 1 aromatic carbocycles. The predicted octanol–water partition coefficient (Wildman–Crippen LogP) is 3.37. The first-order valence-electron chi connectivity index (χ1n) is 4.38. The average Bonchev–Trinajstić information content (AvgIpc) is 2.17. The first kappa shape index (κ1) is 11.0. The fraction of sp³-hybridized carbons (Fsp3) is 0.400. The topological polar surface area (TPSA) is 0 Å². The van der Waals surface area contributed by atoms with Crippen LogP contribution in [0, 0.1) is 23.3 Å². The molecule has 1 aromatic rings. The van der Waals surface area contributed by atoms with Crippen molar-refractivity contribution in [2.24, 2.45) is 0 Å². The predicted molar refractivity (Wildman–Crippen MR) is 45.0 cm³/mol. The third-order valence-electron chi connectivity index (χ3n) is 2.15. The Morgan fingerprint density at radius 1 is 0.643 bits per heavy atom. The van der Waals surface area contributed by atoms with Gasteiger partial charge in [0.1, 0.15) is 0 Å². The molecule has 0 N–H and O–H groups in total. The Balaban J connectivity index is 3.55. The van der Waals surface area contributed by atoms with Crippen molar-refractivity contribution in [3.8, 4) is 0 Å². The van der Waals surface area contributed by atoms with Gasteiger partial charge >= 0.3 is 0 Å². The molecule has 0 saturated heterocycles. The van der Waals surface area contributed by atoms with E-state index in [0.29, 0.717) is 0 Å². The minimum Gasteiger partial charge on any atom is -0.203 e. The second-order valence-electron chi connectivity index (χ2n) is 2.92. The van der Waals surface area contributed by atoms with Gasteiger partial charge in [0.15, 0.2) is 23.3 Å². The maximum Gasteiger partial charge on any atom is 0.165 e. The summed E-state index contributed by atoms with van der Waals surface area (Å²) >= 11 is 0. The van der Waals surface area contributed by atoms with Gasteiger partial charge in [-0.05, 0) is 12.8 Å². The summed E-state index contributed by atoms with van der Waals surface area (Å²) in [5, 5.41) is 0. The van der Waals surface area contributed by atoms with E-state index in [1.165, 1.54) is 13.8 Å². The van der Waals surface area contributed by atoms with E-state index in [1.54, 1.807) is 0 Å². The molecular weight excluding hydrogens is 196 g/mol. The lowest BCUT2D eigenvalue weighted by atomic mass is 10.0. The van der Waals surface area contributed by atoms with Crippen LogP contribution in [0.3, 0.4) is 0 Å². The van der Waals surface area contributed by atoms with E-state index in [0.717, 1.165) is 0 Å². The van der Waals surface area contributed by atoms with E-state index in [9.17, 15) is 17.6 Å². The molecule has 0 atom stereocenters. The molecule has 0 fully saturated rings. The van der Waals surface area contributed by atoms with Gasteiger partial charge in [-0.3, -0.25) is 0 Å². The van der Waals surface area contributed by atoms with Gasteiger partial charge in [-0.1, -0.05) is 13.8 Å². The van der Waals surface area contributed by atoms with Crippen LogP contribution in [0.5, 0.6) is 0 Å². The molecule has 0 saturated carbocycles. The highest BCUT2D eigenvalue weighted by Gasteiger charge is 2.22. The van der Waals surface area contributed by atoms with Gasteiger partial charge in [0, 0.05) is 11.1 Å². The Bertz CT molecular complexity index is 294. The highest BCUT2D eigenvalue weighted by Crippen LogP contribution is 2.24. The van der Waals surface area contributed by atoms with Crippen molar-refractivity contribution in [3.05, 3.63) is 34.4 Å². The lowest BCUT2D eigenvalue weighted by Gasteiger charge is -2.08. The van der Waals surface area contributed by atoms with Crippen LogP contribution in [0.4, 0.5) is 17.6 Å². The summed E-state index contributed by atoms with van der Waals surface area (Å²) in [6.45, 7) is 2.87. The second-order valence-corrected chi connectivity index (χ2v) is 2.92. The van der Waals surface area contributed by atoms with Crippen LogP contribution in [0.2, 0.25) is 0 Å². The largest absolute Gasteiger partial charge is 0.203 e. The van der Waals surface area contributed by atoms with E-state index in [4.69, 9.17) is 0 Å². The number of hydrogen-bond acceptors (Lipinski definition) is 0. The van der Waals surface area contributed by atoms with Crippen molar-refractivity contribution in [1.82, 2.24) is 0 Å². The molecule has 14 heavy (non-hydrogen) atoms. The molecule has 0 aromatic heterocycles. The van der Waals surface area contributed by atoms with Crippen LogP contribution >= 0.6 is 0 Å². The first-order valence-corrected chi connectivity index (χ1v) is 4.38. The zero-order valence-electron chi connectivity index (χ0n) is 7.93. The quantitative estimate of drug-likeness (QED) is 0.514. The minimum atomic E-state index is -1.27. The molecule has 0 radical (unpaired) electrons. The number of rotatable bonds is 2. The van der Waals surface area contributed by atoms with Crippen LogP contribution in [-0.4, -0.2) is 0 Å². The molecule has 1 rings (SSSR count). The van der Waals surface area contributed by atoms with Crippen molar-refractivity contribution >= 4 is 0 Å². The third kappa shape index (κ3) is 1.49. The zero-order chi connectivity index (χ0) is 10.9. The van der Waals surface area contributed by atoms with Gasteiger partial charge in [-0.15, -0.1) is 0 Å². The standard InChI is InChI=1S/C10H10F4/c1-3-5-7(11)9(13)6(4-2)10(14)8(5)12/h3-4H2,1-2H3. The van der Waals surface area contributed by atoms with Gasteiger partial charge < -0.3 is 0 Å². The average molecular weight is 206 g/mol. The highest BCUT2D eigenvalue weighted by atomic mass is 19.2. The highest BCUT2D eigenvalue weighted by molar-refractivity contribution is 5.29. The molecular formula is C10H10F4. The zero-order valence-corrected chi connectivity index (χ0v) is 7.93. The van der Waals surface area contributed by atoms with Crippen molar-refractivity contribution in [3.63, 3.8) is 0 Å². The normalized spacial score (nSPS) is 10.7. The molecule has 0 aliphatic carbocycles. The van der Waals surface area contributed by atoms with Crippen LogP contribution in [0.15, 0.2) is 0 Å². The van der Waals surface area contributed by atoms with E-state index in [1.807, 2.05) is 0 Å². The number of hydrogen-bond donors (Lipinski definition) is 0. The SMILES string of the molecule is CCc1c(F)c(F)c(CC)c(F)c1F. The fourth-order valence-corrected chi connectivity index (χ4v) is 1.34. The summed E-state index contributed by atoms with van der Waals surface area (Å²) in [5.41, 5.74) is -1.06. The minimum absolute atomic E-state index is 0.0739. The van der Waals surface area contributed by atoms with Gasteiger partial charge in [-0.25, -0.2) is 17.6 Å². The Hall–Kier alpha value is -1.06. The molecule has 0 aliphatic heterocycles. The summed E-state index contributed by atoms with van der Waals surface area (Å²) in [6, 6.07) is 0. The van der Waals surface area contributed by atoms with Gasteiger partial charge in [0.05, 0.1) is 0 Å². The molecule has 0 unspecified atom stereocenters. The van der Waals surface area contributed by atoms with Crippen LogP contribution in [0.1, 0.15) is 25.0 Å². The maximum atomic E-state index is 13.1. The second kappa shape index (κ2) is 3.98. The van der Waals surface area contributed by atoms with Crippen molar-refractivity contribution in [2.45, 2.75) is 26.7 Å². The Morgan fingerprint density at radius 2 is 0.857 bits per heavy atom. The molecule has 78 valence electrons. The van der Waals surface area contributed by atoms with Crippen LogP contribution in [0.25, 0.3) is 0 Å². The van der Waals surface area contributed by atoms with Crippen LogP contribution in [-0.2, 0) is 12.8 Å². The first-order chi connectivity index (χ1) is 6.54. The molecule has 4 heteroatoms. The van der Waals surface area contributed by atoms with Crippen molar-refractivity contribution in [2.75, 3.05) is 0 Å². The third-order valence-corrected chi connectivity index (χ3v) is 2.15. The fourth-order valence-electron chi connectivity index (χ4n) is 1.34. The Morgan fingerprint density at radius 3 is 1.00 bits per heavy atom. The Kier molecular flexibility index (Phi) is 3.13. The smallest absolute Gasteiger partial charge is 0.165 e. The number of benzene rings is 1. The summed E-state index contributed by atoms with van der Waals surface area (Å²) in [6.07, 6.45) is -0.148. The lowest BCUT2D eigenvalue weighted by Crippen LogP contribution is -2.07. The van der Waals surface area contributed by atoms with Crippen LogP contribution < -0.4 is 0 Å². The summed E-state index contributed by atoms with van der Waals surface area (Å²) in [5.74, 6) is -5.10. The summed E-state index contributed by atoms with van der Waals surface area (Å²) in [4.78, 5) is 0. The molecule has 0 aliphatic rings. The van der Waals surface area contributed by atoms with Crippen molar-refractivity contribution in [1.29, 1.82) is 0 Å². The maximum absolute atomic E-state index is 13.1. The molecule has 0 amide bonds. The van der Waals surface area contributed by atoms with E-state index >= 15 is 0 Å². The molecule has 0 nitrogen and oxygen atoms in total. The van der Waals surface area contributed by atoms with E-state index in [-0.39, 0.29) is 12.8 Å². The summed E-state index contributed by atoms with van der Waals surface area (Å²) in [7, 11) is 0. The lowest BCUT2D eigenvalue weighted by molar-refractivity contribution is 0.428. The molecule has 0 spiro atoms. The Labute approximate surface area is 79.6 Å². The molecule has 0 heterocycles. The van der Waals surface area contributed by atoms with E-state index < -0.39 is 34.4 Å². The summed E-state index contributed by atoms with van der Waals surface area (Å²) < 4.78 is 52.4. The van der Waals surface area contributed by atoms with E-state index in [2.05, 4.69) is 0 Å². The number of halogens is 4. The van der Waals surface area contributed by atoms with Gasteiger partial charge in [-0.2, -0.15) is 0 Å². The van der Waals surface area contributed by atoms with Crippen molar-refractivity contribution < 1.29 is 17.6 Å². The van der Waals surface area contributed by atoms with Gasteiger partial charge in [0.2, 0.25) is 0 Å².